The van der Waals surface area contributed by atoms with Gasteiger partial charge in [-0.1, -0.05) is 18.2 Å². The van der Waals surface area contributed by atoms with Crippen molar-refractivity contribution in [1.82, 2.24) is 10.2 Å². The Kier molecular flexibility index (Phi) is 4.27. The summed E-state index contributed by atoms with van der Waals surface area (Å²) >= 11 is 0. The zero-order chi connectivity index (χ0) is 13.9. The maximum atomic E-state index is 5.96. The van der Waals surface area contributed by atoms with Crippen LogP contribution in [0.4, 0.5) is 0 Å². The monoisotopic (exact) mass is 274 g/mol. The molecule has 2 aliphatic heterocycles. The van der Waals surface area contributed by atoms with Gasteiger partial charge >= 0.3 is 0 Å². The molecule has 2 heterocycles. The highest BCUT2D eigenvalue weighted by Gasteiger charge is 2.25. The summed E-state index contributed by atoms with van der Waals surface area (Å²) in [5, 5.41) is 3.61. The molecule has 1 aromatic carbocycles. The Morgan fingerprint density at radius 1 is 1.30 bits per heavy atom. The first kappa shape index (κ1) is 13.9. The van der Waals surface area contributed by atoms with Gasteiger partial charge in [0.05, 0.1) is 0 Å². The lowest BCUT2D eigenvalue weighted by Gasteiger charge is -2.20. The van der Waals surface area contributed by atoms with Crippen molar-refractivity contribution in [3.8, 4) is 5.75 Å². The molecular formula is C17H26N2O. The molecule has 1 aromatic rings. The maximum Gasteiger partial charge on any atom is 0.123 e. The second-order valence-corrected chi connectivity index (χ2v) is 6.45. The molecule has 20 heavy (non-hydrogen) atoms. The second kappa shape index (κ2) is 6.15. The lowest BCUT2D eigenvalue weighted by atomic mass is 10.1. The molecule has 1 N–H and O–H groups in total. The van der Waals surface area contributed by atoms with E-state index in [0.717, 1.165) is 31.2 Å². The van der Waals surface area contributed by atoms with Crippen LogP contribution in [0.15, 0.2) is 24.3 Å². The molecule has 0 saturated carbocycles. The van der Waals surface area contributed by atoms with Crippen LogP contribution in [0, 0.1) is 5.92 Å². The van der Waals surface area contributed by atoms with Gasteiger partial charge in [-0.2, -0.15) is 0 Å². The van der Waals surface area contributed by atoms with Crippen LogP contribution in [0.1, 0.15) is 25.8 Å². The highest BCUT2D eigenvalue weighted by molar-refractivity contribution is 5.37. The third-order valence-electron chi connectivity index (χ3n) is 4.57. The van der Waals surface area contributed by atoms with Crippen LogP contribution in [0.25, 0.3) is 0 Å². The number of nitrogens with one attached hydrogen (secondary N) is 1. The zero-order valence-corrected chi connectivity index (χ0v) is 12.6. The van der Waals surface area contributed by atoms with E-state index in [1.165, 1.54) is 25.1 Å². The Morgan fingerprint density at radius 2 is 2.15 bits per heavy atom. The Labute approximate surface area is 122 Å². The second-order valence-electron chi connectivity index (χ2n) is 6.45. The van der Waals surface area contributed by atoms with E-state index < -0.39 is 0 Å². The first-order chi connectivity index (χ1) is 9.72. The molecule has 1 fully saturated rings. The molecule has 0 radical (unpaired) electrons. The molecule has 2 unspecified atom stereocenters. The molecule has 3 rings (SSSR count). The smallest absolute Gasteiger partial charge is 0.123 e. The van der Waals surface area contributed by atoms with Gasteiger partial charge in [0, 0.05) is 25.6 Å². The van der Waals surface area contributed by atoms with Crippen molar-refractivity contribution in [2.45, 2.75) is 38.8 Å². The van der Waals surface area contributed by atoms with Crippen molar-refractivity contribution >= 4 is 0 Å². The molecular weight excluding hydrogens is 248 g/mol. The van der Waals surface area contributed by atoms with E-state index in [2.05, 4.69) is 42.3 Å². The summed E-state index contributed by atoms with van der Waals surface area (Å²) in [6.07, 6.45) is 2.69. The van der Waals surface area contributed by atoms with E-state index in [9.17, 15) is 0 Å². The summed E-state index contributed by atoms with van der Waals surface area (Å²) in [5.74, 6) is 1.88. The lowest BCUT2D eigenvalue weighted by molar-refractivity contribution is 0.222. The molecule has 0 spiro atoms. The summed E-state index contributed by atoms with van der Waals surface area (Å²) in [4.78, 5) is 2.58. The van der Waals surface area contributed by atoms with Crippen molar-refractivity contribution in [2.24, 2.45) is 5.92 Å². The fraction of sp³-hybridized carbons (Fsp3) is 0.647. The molecule has 0 bridgehead atoms. The number of ether oxygens (including phenoxy) is 1. The van der Waals surface area contributed by atoms with Gasteiger partial charge < -0.3 is 15.0 Å². The largest absolute Gasteiger partial charge is 0.488 e. The van der Waals surface area contributed by atoms with Gasteiger partial charge in [0.15, 0.2) is 0 Å². The van der Waals surface area contributed by atoms with E-state index in [1.54, 1.807) is 0 Å². The van der Waals surface area contributed by atoms with Gasteiger partial charge in [0.1, 0.15) is 11.9 Å². The zero-order valence-electron chi connectivity index (χ0n) is 12.6. The van der Waals surface area contributed by atoms with E-state index in [4.69, 9.17) is 4.74 Å². The van der Waals surface area contributed by atoms with Crippen LogP contribution in [0.3, 0.4) is 0 Å². The third kappa shape index (κ3) is 3.15. The molecule has 1 saturated heterocycles. The van der Waals surface area contributed by atoms with Gasteiger partial charge in [-0.3, -0.25) is 0 Å². The summed E-state index contributed by atoms with van der Waals surface area (Å²) in [6, 6.07) is 9.08. The number of benzene rings is 1. The molecule has 2 atom stereocenters. The van der Waals surface area contributed by atoms with Crippen LogP contribution in [-0.2, 0) is 6.42 Å². The predicted octanol–water partition coefficient (Wildman–Crippen LogP) is 2.31. The predicted molar refractivity (Wildman–Crippen MR) is 82.2 cm³/mol. The van der Waals surface area contributed by atoms with Crippen molar-refractivity contribution in [3.63, 3.8) is 0 Å². The Morgan fingerprint density at radius 3 is 2.90 bits per heavy atom. The van der Waals surface area contributed by atoms with Gasteiger partial charge in [-0.05, 0) is 50.9 Å². The Bertz CT molecular complexity index is 421. The number of nitrogens with zero attached hydrogens (tertiary/aromatic N) is 1. The fourth-order valence-corrected chi connectivity index (χ4v) is 3.31. The standard InChI is InChI=1S/C17H26N2O/c1-13(2)19-8-7-14(12-19)10-18-11-16-9-15-5-3-4-6-17(15)20-16/h3-6,13-14,16,18H,7-12H2,1-2H3. The molecule has 110 valence electrons. The maximum absolute atomic E-state index is 5.96. The molecule has 0 amide bonds. The first-order valence-electron chi connectivity index (χ1n) is 7.91. The molecule has 2 aliphatic rings. The number of hydrogen-bond acceptors (Lipinski definition) is 3. The van der Waals surface area contributed by atoms with E-state index in [1.807, 2.05) is 6.07 Å². The quantitative estimate of drug-likeness (QED) is 0.892. The van der Waals surface area contributed by atoms with Gasteiger partial charge in [0.2, 0.25) is 0 Å². The number of likely N-dealkylation sites (tertiary alicyclic amines) is 1. The number of rotatable bonds is 5. The van der Waals surface area contributed by atoms with Crippen molar-refractivity contribution in [1.29, 1.82) is 0 Å². The number of para-hydroxylation sites is 1. The summed E-state index contributed by atoms with van der Waals surface area (Å²) in [7, 11) is 0. The molecule has 3 nitrogen and oxygen atoms in total. The minimum absolute atomic E-state index is 0.315. The average Bonchev–Trinajstić information content (AvgIpc) is 3.04. The van der Waals surface area contributed by atoms with Crippen molar-refractivity contribution in [3.05, 3.63) is 29.8 Å². The van der Waals surface area contributed by atoms with E-state index in [0.29, 0.717) is 12.1 Å². The van der Waals surface area contributed by atoms with Crippen LogP contribution in [0.5, 0.6) is 5.75 Å². The number of hydrogen-bond donors (Lipinski definition) is 1. The minimum Gasteiger partial charge on any atom is -0.488 e. The van der Waals surface area contributed by atoms with Gasteiger partial charge in [0.25, 0.3) is 0 Å². The Hall–Kier alpha value is -1.06. The normalized spacial score (nSPS) is 25.9. The highest BCUT2D eigenvalue weighted by Crippen LogP contribution is 2.27. The fourth-order valence-electron chi connectivity index (χ4n) is 3.31. The Balaban J connectivity index is 1.38. The van der Waals surface area contributed by atoms with Crippen LogP contribution < -0.4 is 10.1 Å². The topological polar surface area (TPSA) is 24.5 Å². The van der Waals surface area contributed by atoms with E-state index in [-0.39, 0.29) is 0 Å². The molecule has 3 heteroatoms. The minimum atomic E-state index is 0.315. The summed E-state index contributed by atoms with van der Waals surface area (Å²) in [5.41, 5.74) is 1.35. The van der Waals surface area contributed by atoms with Gasteiger partial charge in [-0.15, -0.1) is 0 Å². The van der Waals surface area contributed by atoms with Crippen molar-refractivity contribution < 1.29 is 4.74 Å². The first-order valence-corrected chi connectivity index (χ1v) is 7.91. The van der Waals surface area contributed by atoms with E-state index >= 15 is 0 Å². The molecule has 0 aliphatic carbocycles. The van der Waals surface area contributed by atoms with Crippen molar-refractivity contribution in [2.75, 3.05) is 26.2 Å². The van der Waals surface area contributed by atoms with Gasteiger partial charge in [-0.25, -0.2) is 0 Å². The number of fused-ring (bicyclic) bond motifs is 1. The van der Waals surface area contributed by atoms with Crippen LogP contribution >= 0.6 is 0 Å². The summed E-state index contributed by atoms with van der Waals surface area (Å²) < 4.78 is 5.96. The molecule has 0 aromatic heterocycles. The lowest BCUT2D eigenvalue weighted by Crippen LogP contribution is -2.35. The summed E-state index contributed by atoms with van der Waals surface area (Å²) in [6.45, 7) is 9.18. The SMILES string of the molecule is CC(C)N1CCC(CNCC2Cc3ccccc3O2)C1. The average molecular weight is 274 g/mol. The van der Waals surface area contributed by atoms with Crippen LogP contribution in [-0.4, -0.2) is 43.2 Å². The highest BCUT2D eigenvalue weighted by atomic mass is 16.5. The van der Waals surface area contributed by atoms with Crippen LogP contribution in [0.2, 0.25) is 0 Å². The third-order valence-corrected chi connectivity index (χ3v) is 4.57.